The maximum atomic E-state index is 5.85. The molecular weight excluding hydrogens is 296 g/mol. The highest BCUT2D eigenvalue weighted by Gasteiger charge is 2.00. The van der Waals surface area contributed by atoms with E-state index in [4.69, 9.17) is 21.1 Å². The number of rotatable bonds is 10. The van der Waals surface area contributed by atoms with E-state index >= 15 is 0 Å². The summed E-state index contributed by atoms with van der Waals surface area (Å²) in [7, 11) is 1.69. The molecule has 0 bridgehead atoms. The van der Waals surface area contributed by atoms with E-state index < -0.39 is 0 Å². The van der Waals surface area contributed by atoms with E-state index in [1.807, 2.05) is 18.2 Å². The van der Waals surface area contributed by atoms with Gasteiger partial charge in [0.05, 0.1) is 13.7 Å². The molecule has 0 N–H and O–H groups in total. The number of ether oxygens (including phenoxy) is 2. The van der Waals surface area contributed by atoms with Crippen molar-refractivity contribution in [2.75, 3.05) is 19.6 Å². The Morgan fingerprint density at radius 1 is 0.773 bits per heavy atom. The van der Waals surface area contributed by atoms with Crippen LogP contribution < -0.4 is 9.47 Å². The van der Waals surface area contributed by atoms with Crippen LogP contribution in [0.25, 0.3) is 10.8 Å². The lowest BCUT2D eigenvalue weighted by Crippen LogP contribution is -1.97. The van der Waals surface area contributed by atoms with E-state index in [2.05, 4.69) is 18.2 Å². The Kier molecular flexibility index (Phi) is 7.38. The van der Waals surface area contributed by atoms with Gasteiger partial charge in [0.2, 0.25) is 0 Å². The van der Waals surface area contributed by atoms with Crippen molar-refractivity contribution in [3.05, 3.63) is 36.4 Å². The van der Waals surface area contributed by atoms with Crippen molar-refractivity contribution in [2.45, 2.75) is 38.5 Å². The Balaban J connectivity index is 1.73. The summed E-state index contributed by atoms with van der Waals surface area (Å²) in [5.74, 6) is 2.62. The molecule has 2 aromatic carbocycles. The fraction of sp³-hybridized carbons (Fsp3) is 0.474. The molecule has 0 atom stereocenters. The number of unbranched alkanes of at least 4 members (excludes halogenated alkanes) is 5. The smallest absolute Gasteiger partial charge is 0.119 e. The van der Waals surface area contributed by atoms with E-state index in [-0.39, 0.29) is 0 Å². The minimum absolute atomic E-state index is 0.789. The van der Waals surface area contributed by atoms with Gasteiger partial charge in [-0.25, -0.2) is 0 Å². The highest BCUT2D eigenvalue weighted by molar-refractivity contribution is 6.17. The normalized spacial score (nSPS) is 10.8. The van der Waals surface area contributed by atoms with Gasteiger partial charge in [-0.1, -0.05) is 37.8 Å². The summed E-state index contributed by atoms with van der Waals surface area (Å²) in [4.78, 5) is 0. The molecule has 0 fully saturated rings. The number of fused-ring (bicyclic) bond motifs is 1. The van der Waals surface area contributed by atoms with Crippen molar-refractivity contribution in [3.8, 4) is 11.5 Å². The number of benzene rings is 2. The van der Waals surface area contributed by atoms with Gasteiger partial charge >= 0.3 is 0 Å². The van der Waals surface area contributed by atoms with Crippen LogP contribution in [0.4, 0.5) is 0 Å². The van der Waals surface area contributed by atoms with Crippen molar-refractivity contribution in [1.82, 2.24) is 0 Å². The summed E-state index contributed by atoms with van der Waals surface area (Å²) < 4.78 is 11.1. The van der Waals surface area contributed by atoms with Crippen LogP contribution in [0.3, 0.4) is 0 Å². The average Bonchev–Trinajstić information content (AvgIpc) is 2.56. The zero-order valence-electron chi connectivity index (χ0n) is 13.3. The molecule has 2 rings (SSSR count). The first-order chi connectivity index (χ1) is 10.8. The second kappa shape index (κ2) is 9.58. The standard InChI is InChI=1S/C19H25ClO2/c1-21-18-10-8-17-15-19(11-9-16(17)14-18)22-13-7-5-3-2-4-6-12-20/h8-11,14-15H,2-7,12-13H2,1H3. The van der Waals surface area contributed by atoms with Gasteiger partial charge in [-0.05, 0) is 47.9 Å². The zero-order valence-corrected chi connectivity index (χ0v) is 14.1. The fourth-order valence-corrected chi connectivity index (χ4v) is 2.70. The van der Waals surface area contributed by atoms with Crippen LogP contribution >= 0.6 is 11.6 Å². The molecule has 0 amide bonds. The summed E-state index contributed by atoms with van der Waals surface area (Å²) in [5, 5.41) is 2.35. The quantitative estimate of drug-likeness (QED) is 0.406. The van der Waals surface area contributed by atoms with Crippen LogP contribution in [-0.2, 0) is 0 Å². The molecule has 0 spiro atoms. The second-order valence-electron chi connectivity index (χ2n) is 5.53. The van der Waals surface area contributed by atoms with Crippen LogP contribution in [0, 0.1) is 0 Å². The highest BCUT2D eigenvalue weighted by atomic mass is 35.5. The number of alkyl halides is 1. The summed E-state index contributed by atoms with van der Waals surface area (Å²) in [6, 6.07) is 12.3. The molecule has 0 saturated carbocycles. The third-order valence-electron chi connectivity index (χ3n) is 3.82. The van der Waals surface area contributed by atoms with Gasteiger partial charge in [-0.15, -0.1) is 11.6 Å². The predicted octanol–water partition coefficient (Wildman–Crippen LogP) is 5.81. The molecule has 0 saturated heterocycles. The number of methoxy groups -OCH3 is 1. The molecule has 3 heteroatoms. The zero-order chi connectivity index (χ0) is 15.6. The van der Waals surface area contributed by atoms with Gasteiger partial charge in [0, 0.05) is 5.88 Å². The predicted molar refractivity (Wildman–Crippen MR) is 94.4 cm³/mol. The van der Waals surface area contributed by atoms with E-state index in [1.54, 1.807) is 7.11 Å². The largest absolute Gasteiger partial charge is 0.497 e. The van der Waals surface area contributed by atoms with E-state index in [0.717, 1.165) is 36.8 Å². The third-order valence-corrected chi connectivity index (χ3v) is 4.08. The lowest BCUT2D eigenvalue weighted by atomic mass is 10.1. The van der Waals surface area contributed by atoms with E-state index in [9.17, 15) is 0 Å². The van der Waals surface area contributed by atoms with Crippen molar-refractivity contribution in [1.29, 1.82) is 0 Å². The summed E-state index contributed by atoms with van der Waals surface area (Å²) in [5.41, 5.74) is 0. The van der Waals surface area contributed by atoms with Gasteiger partial charge in [0.15, 0.2) is 0 Å². The average molecular weight is 321 g/mol. The van der Waals surface area contributed by atoms with Crippen molar-refractivity contribution in [3.63, 3.8) is 0 Å². The summed E-state index contributed by atoms with van der Waals surface area (Å²) in [6.45, 7) is 0.789. The Bertz CT molecular complexity index is 568. The Morgan fingerprint density at radius 2 is 1.36 bits per heavy atom. The molecule has 0 unspecified atom stereocenters. The molecule has 0 heterocycles. The maximum absolute atomic E-state index is 5.85. The van der Waals surface area contributed by atoms with Crippen molar-refractivity contribution >= 4 is 22.4 Å². The molecular formula is C19H25ClO2. The molecule has 0 aliphatic heterocycles. The van der Waals surface area contributed by atoms with Gasteiger partial charge in [0.25, 0.3) is 0 Å². The minimum Gasteiger partial charge on any atom is -0.497 e. The van der Waals surface area contributed by atoms with Gasteiger partial charge in [0.1, 0.15) is 11.5 Å². The lowest BCUT2D eigenvalue weighted by Gasteiger charge is -2.08. The van der Waals surface area contributed by atoms with E-state index in [1.165, 1.54) is 36.5 Å². The molecule has 0 radical (unpaired) electrons. The highest BCUT2D eigenvalue weighted by Crippen LogP contribution is 2.25. The molecule has 120 valence electrons. The van der Waals surface area contributed by atoms with Gasteiger partial charge < -0.3 is 9.47 Å². The number of halogens is 1. The van der Waals surface area contributed by atoms with Gasteiger partial charge in [-0.3, -0.25) is 0 Å². The molecule has 0 aliphatic carbocycles. The maximum Gasteiger partial charge on any atom is 0.119 e. The first-order valence-corrected chi connectivity index (χ1v) is 8.63. The first kappa shape index (κ1) is 17.0. The summed E-state index contributed by atoms with van der Waals surface area (Å²) in [6.07, 6.45) is 7.29. The van der Waals surface area contributed by atoms with Crippen LogP contribution in [-0.4, -0.2) is 19.6 Å². The number of hydrogen-bond donors (Lipinski definition) is 0. The molecule has 2 aromatic rings. The summed E-state index contributed by atoms with van der Waals surface area (Å²) >= 11 is 5.66. The van der Waals surface area contributed by atoms with E-state index in [0.29, 0.717) is 0 Å². The minimum atomic E-state index is 0.789. The molecule has 0 aliphatic rings. The topological polar surface area (TPSA) is 18.5 Å². The molecule has 22 heavy (non-hydrogen) atoms. The monoisotopic (exact) mass is 320 g/mol. The van der Waals surface area contributed by atoms with Crippen LogP contribution in [0.2, 0.25) is 0 Å². The Morgan fingerprint density at radius 3 is 2.05 bits per heavy atom. The van der Waals surface area contributed by atoms with Crippen LogP contribution in [0.1, 0.15) is 38.5 Å². The Hall–Kier alpha value is -1.41. The van der Waals surface area contributed by atoms with Gasteiger partial charge in [-0.2, -0.15) is 0 Å². The molecule has 0 aromatic heterocycles. The lowest BCUT2D eigenvalue weighted by molar-refractivity contribution is 0.305. The number of hydrogen-bond acceptors (Lipinski definition) is 2. The van der Waals surface area contributed by atoms with Crippen LogP contribution in [0.15, 0.2) is 36.4 Å². The third kappa shape index (κ3) is 5.42. The Labute approximate surface area is 138 Å². The second-order valence-corrected chi connectivity index (χ2v) is 5.91. The first-order valence-electron chi connectivity index (χ1n) is 8.10. The fourth-order valence-electron chi connectivity index (χ4n) is 2.51. The SMILES string of the molecule is COc1ccc2cc(OCCCCCCCCCl)ccc2c1. The van der Waals surface area contributed by atoms with Crippen molar-refractivity contribution in [2.24, 2.45) is 0 Å². The van der Waals surface area contributed by atoms with Crippen molar-refractivity contribution < 1.29 is 9.47 Å². The molecule has 2 nitrogen and oxygen atoms in total. The van der Waals surface area contributed by atoms with Crippen LogP contribution in [0.5, 0.6) is 11.5 Å².